The maximum Gasteiger partial charge on any atom is 0.416 e. The average Bonchev–Trinajstić information content (AvgIpc) is 2.87. The minimum Gasteiger partial charge on any atom is -0.271 e. The third-order valence-corrected chi connectivity index (χ3v) is 3.41. The molecule has 0 saturated carbocycles. The lowest BCUT2D eigenvalue weighted by atomic mass is 10.0. The van der Waals surface area contributed by atoms with E-state index in [1.54, 1.807) is 13.0 Å². The number of nitrogens with zero attached hydrogens (tertiary/aromatic N) is 1. The summed E-state index contributed by atoms with van der Waals surface area (Å²) in [6.07, 6.45) is -4.36. The molecule has 4 heteroatoms. The molecule has 0 fully saturated rings. The van der Waals surface area contributed by atoms with Crippen molar-refractivity contribution in [2.75, 3.05) is 0 Å². The number of aryl methyl sites for hydroxylation is 1. The van der Waals surface area contributed by atoms with Crippen LogP contribution in [0.3, 0.4) is 0 Å². The second kappa shape index (κ2) is 5.34. The van der Waals surface area contributed by atoms with Crippen LogP contribution in [-0.4, -0.2) is 5.71 Å². The molecule has 22 heavy (non-hydrogen) atoms. The van der Waals surface area contributed by atoms with Gasteiger partial charge in [-0.3, -0.25) is 4.99 Å². The first-order valence-corrected chi connectivity index (χ1v) is 6.77. The fraction of sp³-hybridized carbons (Fsp3) is 0.167. The molecule has 0 bridgehead atoms. The Morgan fingerprint density at radius 3 is 2.59 bits per heavy atom. The molecule has 0 atom stereocenters. The van der Waals surface area contributed by atoms with Gasteiger partial charge in [0, 0.05) is 11.1 Å². The van der Waals surface area contributed by atoms with Gasteiger partial charge in [-0.15, -0.1) is 0 Å². The van der Waals surface area contributed by atoms with Crippen LogP contribution in [0.5, 0.6) is 0 Å². The molecule has 1 nitrogen and oxygen atoms in total. The zero-order valence-electron chi connectivity index (χ0n) is 11.8. The molecule has 0 N–H and O–H groups in total. The van der Waals surface area contributed by atoms with Gasteiger partial charge in [-0.2, -0.15) is 13.2 Å². The normalized spacial score (nSPS) is 13.2. The van der Waals surface area contributed by atoms with Crippen LogP contribution in [0.1, 0.15) is 27.8 Å². The average molecular weight is 299 g/mol. The Hall–Kier alpha value is -2.54. The highest BCUT2D eigenvalue weighted by atomic mass is 19.4. The molecule has 1 heterocycles. The predicted octanol–water partition coefficient (Wildman–Crippen LogP) is 4.37. The van der Waals surface area contributed by atoms with Crippen molar-refractivity contribution >= 4 is 5.71 Å². The third kappa shape index (κ3) is 2.89. The summed E-state index contributed by atoms with van der Waals surface area (Å²) >= 11 is 0. The molecule has 0 aliphatic carbocycles. The molecule has 2 aromatic carbocycles. The second-order valence-electron chi connectivity index (χ2n) is 5.16. The standard InChI is InChI=1S/C18H12F3N/c1-12-8-13(10-15(9-12)18(19,20)21)6-7-17-16-5-3-2-4-14(16)11-22-17/h2-5,8-10H,11H2,1H3. The van der Waals surface area contributed by atoms with Crippen LogP contribution in [0.25, 0.3) is 0 Å². The SMILES string of the molecule is Cc1cc(C#CC2=NCc3ccccc32)cc(C(F)(F)F)c1. The van der Waals surface area contributed by atoms with Crippen molar-refractivity contribution in [2.24, 2.45) is 4.99 Å². The molecule has 0 aromatic heterocycles. The van der Waals surface area contributed by atoms with E-state index in [0.29, 0.717) is 23.4 Å². The van der Waals surface area contributed by atoms with Crippen LogP contribution in [0.2, 0.25) is 0 Å². The summed E-state index contributed by atoms with van der Waals surface area (Å²) in [5.41, 5.74) is 2.88. The van der Waals surface area contributed by atoms with E-state index in [-0.39, 0.29) is 0 Å². The van der Waals surface area contributed by atoms with E-state index in [1.165, 1.54) is 0 Å². The molecular weight excluding hydrogens is 287 g/mol. The lowest BCUT2D eigenvalue weighted by Crippen LogP contribution is -2.05. The van der Waals surface area contributed by atoms with Gasteiger partial charge in [0.05, 0.1) is 12.1 Å². The molecule has 3 rings (SSSR count). The van der Waals surface area contributed by atoms with Crippen LogP contribution in [0.15, 0.2) is 47.5 Å². The van der Waals surface area contributed by atoms with Crippen LogP contribution in [-0.2, 0) is 12.7 Å². The van der Waals surface area contributed by atoms with Gasteiger partial charge in [-0.05, 0) is 42.2 Å². The zero-order chi connectivity index (χ0) is 15.7. The highest BCUT2D eigenvalue weighted by molar-refractivity contribution is 6.15. The van der Waals surface area contributed by atoms with Gasteiger partial charge in [-0.25, -0.2) is 0 Å². The van der Waals surface area contributed by atoms with Crippen molar-refractivity contribution in [3.05, 3.63) is 70.3 Å². The summed E-state index contributed by atoms with van der Waals surface area (Å²) in [7, 11) is 0. The highest BCUT2D eigenvalue weighted by Crippen LogP contribution is 2.30. The Morgan fingerprint density at radius 1 is 1.05 bits per heavy atom. The van der Waals surface area contributed by atoms with E-state index < -0.39 is 11.7 Å². The first-order chi connectivity index (χ1) is 10.4. The van der Waals surface area contributed by atoms with E-state index in [2.05, 4.69) is 16.8 Å². The molecule has 0 saturated heterocycles. The van der Waals surface area contributed by atoms with E-state index in [9.17, 15) is 13.2 Å². The summed E-state index contributed by atoms with van der Waals surface area (Å²) in [4.78, 5) is 4.33. The fourth-order valence-electron chi connectivity index (χ4n) is 2.40. The Balaban J connectivity index is 1.95. The molecular formula is C18H12F3N. The number of hydrogen-bond donors (Lipinski definition) is 0. The Labute approximate surface area is 126 Å². The van der Waals surface area contributed by atoms with Gasteiger partial charge in [0.25, 0.3) is 0 Å². The predicted molar refractivity (Wildman–Crippen MR) is 79.7 cm³/mol. The van der Waals surface area contributed by atoms with Gasteiger partial charge < -0.3 is 0 Å². The monoisotopic (exact) mass is 299 g/mol. The molecule has 2 aromatic rings. The summed E-state index contributed by atoms with van der Waals surface area (Å²) in [6, 6.07) is 11.6. The highest BCUT2D eigenvalue weighted by Gasteiger charge is 2.30. The van der Waals surface area contributed by atoms with Crippen molar-refractivity contribution in [2.45, 2.75) is 19.6 Å². The van der Waals surface area contributed by atoms with Gasteiger partial charge in [0.1, 0.15) is 5.71 Å². The van der Waals surface area contributed by atoms with Crippen LogP contribution < -0.4 is 0 Å². The summed E-state index contributed by atoms with van der Waals surface area (Å²) < 4.78 is 38.4. The van der Waals surface area contributed by atoms with Crippen LogP contribution in [0.4, 0.5) is 13.2 Å². The van der Waals surface area contributed by atoms with E-state index >= 15 is 0 Å². The molecule has 110 valence electrons. The number of halogens is 3. The van der Waals surface area contributed by atoms with E-state index in [4.69, 9.17) is 0 Å². The Kier molecular flexibility index (Phi) is 3.50. The van der Waals surface area contributed by atoms with Crippen molar-refractivity contribution < 1.29 is 13.2 Å². The molecule has 1 aliphatic rings. The Bertz CT molecular complexity index is 820. The summed E-state index contributed by atoms with van der Waals surface area (Å²) in [5, 5.41) is 0. The van der Waals surface area contributed by atoms with Crippen LogP contribution in [0, 0.1) is 18.8 Å². The maximum absolute atomic E-state index is 12.8. The number of aliphatic imine (C=N–C) groups is 1. The van der Waals surface area contributed by atoms with Crippen molar-refractivity contribution in [1.82, 2.24) is 0 Å². The molecule has 0 amide bonds. The van der Waals surface area contributed by atoms with Crippen molar-refractivity contribution in [3.63, 3.8) is 0 Å². The quantitative estimate of drug-likeness (QED) is 0.641. The molecule has 0 radical (unpaired) electrons. The topological polar surface area (TPSA) is 12.4 Å². The lowest BCUT2D eigenvalue weighted by Gasteiger charge is -2.07. The zero-order valence-corrected chi connectivity index (χ0v) is 11.8. The second-order valence-corrected chi connectivity index (χ2v) is 5.16. The smallest absolute Gasteiger partial charge is 0.271 e. The number of alkyl halides is 3. The van der Waals surface area contributed by atoms with E-state index in [1.807, 2.05) is 24.3 Å². The van der Waals surface area contributed by atoms with E-state index in [0.717, 1.165) is 23.3 Å². The fourth-order valence-corrected chi connectivity index (χ4v) is 2.40. The maximum atomic E-state index is 12.8. The van der Waals surface area contributed by atoms with Crippen molar-refractivity contribution in [3.8, 4) is 11.8 Å². The number of benzene rings is 2. The first-order valence-electron chi connectivity index (χ1n) is 6.77. The van der Waals surface area contributed by atoms with Crippen LogP contribution >= 0.6 is 0 Å². The molecule has 0 spiro atoms. The Morgan fingerprint density at radius 2 is 1.82 bits per heavy atom. The number of fused-ring (bicyclic) bond motifs is 1. The molecule has 0 unspecified atom stereocenters. The van der Waals surface area contributed by atoms with Gasteiger partial charge >= 0.3 is 6.18 Å². The lowest BCUT2D eigenvalue weighted by molar-refractivity contribution is -0.137. The number of rotatable bonds is 0. The third-order valence-electron chi connectivity index (χ3n) is 3.41. The largest absolute Gasteiger partial charge is 0.416 e. The summed E-state index contributed by atoms with van der Waals surface area (Å²) in [6.45, 7) is 2.20. The van der Waals surface area contributed by atoms with Gasteiger partial charge in [0.15, 0.2) is 0 Å². The van der Waals surface area contributed by atoms with Crippen molar-refractivity contribution in [1.29, 1.82) is 0 Å². The molecule has 1 aliphatic heterocycles. The number of hydrogen-bond acceptors (Lipinski definition) is 1. The van der Waals surface area contributed by atoms with Gasteiger partial charge in [-0.1, -0.05) is 30.2 Å². The minimum absolute atomic E-state index is 0.347. The minimum atomic E-state index is -4.36. The summed E-state index contributed by atoms with van der Waals surface area (Å²) in [5.74, 6) is 5.69. The van der Waals surface area contributed by atoms with Gasteiger partial charge in [0.2, 0.25) is 0 Å². The first kappa shape index (κ1) is 14.4.